The lowest BCUT2D eigenvalue weighted by Gasteiger charge is -2.26. The Kier molecular flexibility index (Phi) is 8.10. The summed E-state index contributed by atoms with van der Waals surface area (Å²) in [5.74, 6) is -4.22. The van der Waals surface area contributed by atoms with Crippen LogP contribution in [0.5, 0.6) is 0 Å². The highest BCUT2D eigenvalue weighted by Crippen LogP contribution is 2.32. The molecule has 2 aromatic rings. The van der Waals surface area contributed by atoms with Crippen molar-refractivity contribution in [2.75, 3.05) is 14.2 Å². The van der Waals surface area contributed by atoms with Gasteiger partial charge in [-0.05, 0) is 17.7 Å². The number of methoxy groups -OCH3 is 2. The van der Waals surface area contributed by atoms with Gasteiger partial charge in [0.2, 0.25) is 0 Å². The van der Waals surface area contributed by atoms with E-state index >= 15 is 0 Å². The maximum atomic E-state index is 13.3. The van der Waals surface area contributed by atoms with Crippen LogP contribution in [0, 0.1) is 10.1 Å². The third kappa shape index (κ3) is 6.28. The fraction of sp³-hybridized carbons (Fsp3) is 0.286. The van der Waals surface area contributed by atoms with E-state index in [4.69, 9.17) is 4.74 Å². The quantitative estimate of drug-likeness (QED) is 0.358. The number of alkyl halides is 3. The molecule has 2 aromatic carbocycles. The zero-order valence-corrected chi connectivity index (χ0v) is 17.4. The SMILES string of the molecule is COC(=O)C[C@H](c1ccc([N+](=O)[O-])cc1)[C@@H](NC(=O)c1ccccc1C(F)(F)F)C(=O)OC. The number of carbonyl (C=O) groups excluding carboxylic acids is 3. The maximum Gasteiger partial charge on any atom is 0.417 e. The van der Waals surface area contributed by atoms with Gasteiger partial charge in [0.05, 0.1) is 36.7 Å². The topological polar surface area (TPSA) is 125 Å². The summed E-state index contributed by atoms with van der Waals surface area (Å²) in [4.78, 5) is 47.5. The number of amides is 1. The Morgan fingerprint density at radius 1 is 1.03 bits per heavy atom. The van der Waals surface area contributed by atoms with Gasteiger partial charge in [-0.2, -0.15) is 13.2 Å². The lowest BCUT2D eigenvalue weighted by Crippen LogP contribution is -2.46. The van der Waals surface area contributed by atoms with E-state index in [1.165, 1.54) is 18.2 Å². The third-order valence-electron chi connectivity index (χ3n) is 4.77. The van der Waals surface area contributed by atoms with Crippen LogP contribution in [0.1, 0.15) is 33.8 Å². The van der Waals surface area contributed by atoms with Crippen molar-refractivity contribution in [2.24, 2.45) is 0 Å². The molecule has 0 bridgehead atoms. The smallest absolute Gasteiger partial charge is 0.417 e. The molecule has 0 aliphatic heterocycles. The number of non-ortho nitro benzene ring substituents is 1. The molecule has 1 N–H and O–H groups in total. The minimum atomic E-state index is -4.83. The van der Waals surface area contributed by atoms with Crippen molar-refractivity contribution in [1.82, 2.24) is 5.32 Å². The van der Waals surface area contributed by atoms with Crippen LogP contribution in [0.3, 0.4) is 0 Å². The second kappa shape index (κ2) is 10.6. The number of hydrogen-bond donors (Lipinski definition) is 1. The van der Waals surface area contributed by atoms with Crippen molar-refractivity contribution in [2.45, 2.75) is 24.6 Å². The lowest BCUT2D eigenvalue weighted by molar-refractivity contribution is -0.384. The predicted molar refractivity (Wildman–Crippen MR) is 107 cm³/mol. The van der Waals surface area contributed by atoms with E-state index in [-0.39, 0.29) is 11.3 Å². The zero-order chi connectivity index (χ0) is 24.8. The number of nitro groups is 1. The first-order valence-corrected chi connectivity index (χ1v) is 9.35. The van der Waals surface area contributed by atoms with Crippen LogP contribution < -0.4 is 5.32 Å². The number of nitrogens with one attached hydrogen (secondary N) is 1. The van der Waals surface area contributed by atoms with E-state index < -0.39 is 58.5 Å². The van der Waals surface area contributed by atoms with Crippen LogP contribution in [-0.4, -0.2) is 43.0 Å². The number of esters is 2. The summed E-state index contributed by atoms with van der Waals surface area (Å²) in [5.41, 5.74) is -2.01. The van der Waals surface area contributed by atoms with Gasteiger partial charge in [-0.15, -0.1) is 0 Å². The Morgan fingerprint density at radius 3 is 2.15 bits per heavy atom. The van der Waals surface area contributed by atoms with Gasteiger partial charge in [-0.3, -0.25) is 19.7 Å². The van der Waals surface area contributed by atoms with Gasteiger partial charge in [0.15, 0.2) is 0 Å². The summed E-state index contributed by atoms with van der Waals surface area (Å²) in [6.07, 6.45) is -5.31. The predicted octanol–water partition coefficient (Wildman–Crippen LogP) is 3.23. The molecule has 2 atom stereocenters. The fourth-order valence-corrected chi connectivity index (χ4v) is 3.13. The molecule has 2 rings (SSSR count). The first kappa shape index (κ1) is 25.3. The Balaban J connectivity index is 2.50. The van der Waals surface area contributed by atoms with E-state index in [2.05, 4.69) is 10.1 Å². The van der Waals surface area contributed by atoms with Crippen molar-refractivity contribution in [1.29, 1.82) is 0 Å². The van der Waals surface area contributed by atoms with E-state index in [1.807, 2.05) is 0 Å². The molecule has 0 spiro atoms. The van der Waals surface area contributed by atoms with Crippen LogP contribution in [0.2, 0.25) is 0 Å². The molecular formula is C21H19F3N2O7. The number of nitrogens with zero attached hydrogens (tertiary/aromatic N) is 1. The summed E-state index contributed by atoms with van der Waals surface area (Å²) >= 11 is 0. The van der Waals surface area contributed by atoms with Crippen molar-refractivity contribution in [3.8, 4) is 0 Å². The molecule has 0 unspecified atom stereocenters. The molecule has 33 heavy (non-hydrogen) atoms. The average molecular weight is 468 g/mol. The Hall–Kier alpha value is -3.96. The Labute approximate surface area is 185 Å². The highest BCUT2D eigenvalue weighted by molar-refractivity contribution is 5.98. The standard InChI is InChI=1S/C21H19F3N2O7/c1-32-17(27)11-15(12-7-9-13(10-8-12)26(30)31)18(20(29)33-2)25-19(28)14-5-3-4-6-16(14)21(22,23)24/h3-10,15,18H,11H2,1-2H3,(H,25,28)/t15-,18-/m1/s1. The van der Waals surface area contributed by atoms with Crippen LogP contribution in [-0.2, 0) is 25.2 Å². The summed E-state index contributed by atoms with van der Waals surface area (Å²) in [5, 5.41) is 13.1. The molecule has 0 fully saturated rings. The molecule has 0 heterocycles. The van der Waals surface area contributed by atoms with Crippen molar-refractivity contribution < 1.29 is 42.0 Å². The van der Waals surface area contributed by atoms with Crippen molar-refractivity contribution in [3.63, 3.8) is 0 Å². The fourth-order valence-electron chi connectivity index (χ4n) is 3.13. The minimum absolute atomic E-state index is 0.214. The summed E-state index contributed by atoms with van der Waals surface area (Å²) in [6.45, 7) is 0. The first-order valence-electron chi connectivity index (χ1n) is 9.35. The van der Waals surface area contributed by atoms with Gasteiger partial charge < -0.3 is 14.8 Å². The Morgan fingerprint density at radius 2 is 1.64 bits per heavy atom. The van der Waals surface area contributed by atoms with Gasteiger partial charge in [0.1, 0.15) is 6.04 Å². The molecule has 176 valence electrons. The van der Waals surface area contributed by atoms with Crippen LogP contribution in [0.25, 0.3) is 0 Å². The first-order chi connectivity index (χ1) is 15.5. The number of ether oxygens (including phenoxy) is 2. The maximum absolute atomic E-state index is 13.3. The molecule has 0 aromatic heterocycles. The van der Waals surface area contributed by atoms with Crippen molar-refractivity contribution in [3.05, 3.63) is 75.3 Å². The summed E-state index contributed by atoms with van der Waals surface area (Å²) < 4.78 is 49.3. The molecule has 0 radical (unpaired) electrons. The van der Waals surface area contributed by atoms with E-state index in [1.54, 1.807) is 0 Å². The van der Waals surface area contributed by atoms with Crippen molar-refractivity contribution >= 4 is 23.5 Å². The molecule has 0 aliphatic rings. The average Bonchev–Trinajstić information content (AvgIpc) is 2.79. The third-order valence-corrected chi connectivity index (χ3v) is 4.77. The summed E-state index contributed by atoms with van der Waals surface area (Å²) in [7, 11) is 2.08. The van der Waals surface area contributed by atoms with Gasteiger partial charge >= 0.3 is 18.1 Å². The number of benzene rings is 2. The van der Waals surface area contributed by atoms with Gasteiger partial charge in [-0.1, -0.05) is 24.3 Å². The zero-order valence-electron chi connectivity index (χ0n) is 17.4. The number of nitro benzene ring substituents is 1. The van der Waals surface area contributed by atoms with Gasteiger partial charge in [0, 0.05) is 18.1 Å². The Bertz CT molecular complexity index is 1040. The highest BCUT2D eigenvalue weighted by atomic mass is 19.4. The molecule has 0 saturated carbocycles. The van der Waals surface area contributed by atoms with Gasteiger partial charge in [0.25, 0.3) is 11.6 Å². The monoisotopic (exact) mass is 468 g/mol. The van der Waals surface area contributed by atoms with Crippen LogP contribution >= 0.6 is 0 Å². The molecule has 0 aliphatic carbocycles. The largest absolute Gasteiger partial charge is 0.469 e. The normalized spacial score (nSPS) is 12.9. The number of hydrogen-bond acceptors (Lipinski definition) is 7. The second-order valence-electron chi connectivity index (χ2n) is 6.75. The van der Waals surface area contributed by atoms with Crippen LogP contribution in [0.15, 0.2) is 48.5 Å². The van der Waals surface area contributed by atoms with E-state index in [0.717, 1.165) is 38.5 Å². The van der Waals surface area contributed by atoms with E-state index in [0.29, 0.717) is 6.07 Å². The number of rotatable bonds is 8. The summed E-state index contributed by atoms with van der Waals surface area (Å²) in [6, 6.07) is 7.13. The minimum Gasteiger partial charge on any atom is -0.469 e. The molecule has 1 amide bonds. The highest BCUT2D eigenvalue weighted by Gasteiger charge is 2.38. The molecular weight excluding hydrogens is 449 g/mol. The molecule has 0 saturated heterocycles. The molecule has 9 nitrogen and oxygen atoms in total. The number of halogens is 3. The number of carbonyl (C=O) groups is 3. The molecule has 12 heteroatoms. The lowest BCUT2D eigenvalue weighted by atomic mass is 9.87. The van der Waals surface area contributed by atoms with Gasteiger partial charge in [-0.25, -0.2) is 4.79 Å². The van der Waals surface area contributed by atoms with Crippen LogP contribution in [0.4, 0.5) is 18.9 Å². The second-order valence-corrected chi connectivity index (χ2v) is 6.75. The van der Waals surface area contributed by atoms with E-state index in [9.17, 15) is 37.7 Å².